The summed E-state index contributed by atoms with van der Waals surface area (Å²) in [5.74, 6) is -0.116. The third-order valence-corrected chi connectivity index (χ3v) is 3.42. The number of halogens is 2. The van der Waals surface area contributed by atoms with Gasteiger partial charge in [0.1, 0.15) is 5.75 Å². The van der Waals surface area contributed by atoms with E-state index in [0.717, 1.165) is 11.3 Å². The van der Waals surface area contributed by atoms with E-state index in [1.165, 1.54) is 6.07 Å². The molecule has 0 spiro atoms. The summed E-state index contributed by atoms with van der Waals surface area (Å²) in [6, 6.07) is 4.70. The van der Waals surface area contributed by atoms with Crippen LogP contribution in [0.25, 0.3) is 10.1 Å². The second kappa shape index (κ2) is 3.40. The van der Waals surface area contributed by atoms with Crippen molar-refractivity contribution in [1.82, 2.24) is 0 Å². The van der Waals surface area contributed by atoms with Crippen molar-refractivity contribution < 1.29 is 13.9 Å². The van der Waals surface area contributed by atoms with Crippen LogP contribution < -0.4 is 0 Å². The fraction of sp³-hybridized carbons (Fsp3) is 0.111. The molecule has 2 aromatic rings. The Morgan fingerprint density at radius 2 is 2.07 bits per heavy atom. The van der Waals surface area contributed by atoms with Crippen LogP contribution in [0.5, 0.6) is 5.75 Å². The number of benzene rings is 1. The Balaban J connectivity index is 2.86. The molecule has 0 amide bonds. The summed E-state index contributed by atoms with van der Waals surface area (Å²) in [6.07, 6.45) is -2.61. The third-order valence-electron chi connectivity index (χ3n) is 1.93. The monoisotopic (exact) mass is 232 g/mol. The largest absolute Gasteiger partial charge is 0.507 e. The molecule has 0 bridgehead atoms. The number of hydrogen-bond donors (Lipinski definition) is 2. The van der Waals surface area contributed by atoms with Crippen LogP contribution >= 0.6 is 24.0 Å². The lowest BCUT2D eigenvalue weighted by atomic mass is 10.1. The van der Waals surface area contributed by atoms with E-state index in [1.54, 1.807) is 12.1 Å². The molecule has 0 atom stereocenters. The highest BCUT2D eigenvalue weighted by Gasteiger charge is 2.20. The first-order chi connectivity index (χ1) is 6.61. The molecule has 2 rings (SSSR count). The maximum absolute atomic E-state index is 12.6. The van der Waals surface area contributed by atoms with E-state index in [4.69, 9.17) is 0 Å². The Kier molecular flexibility index (Phi) is 2.36. The van der Waals surface area contributed by atoms with E-state index in [-0.39, 0.29) is 20.9 Å². The predicted octanol–water partition coefficient (Wildman–Crippen LogP) is 3.83. The second-order valence-electron chi connectivity index (χ2n) is 2.77. The number of rotatable bonds is 1. The minimum Gasteiger partial charge on any atom is -0.507 e. The Labute approximate surface area is 88.4 Å². The van der Waals surface area contributed by atoms with Crippen molar-refractivity contribution in [2.24, 2.45) is 0 Å². The van der Waals surface area contributed by atoms with Gasteiger partial charge in [-0.05, 0) is 12.1 Å². The fourth-order valence-corrected chi connectivity index (χ4v) is 2.82. The molecule has 0 unspecified atom stereocenters. The van der Waals surface area contributed by atoms with Crippen LogP contribution in [0.3, 0.4) is 0 Å². The number of phenols is 1. The number of alkyl halides is 2. The van der Waals surface area contributed by atoms with Gasteiger partial charge in [-0.1, -0.05) is 6.07 Å². The average Bonchev–Trinajstić information content (AvgIpc) is 2.42. The first-order valence-electron chi connectivity index (χ1n) is 3.82. The van der Waals surface area contributed by atoms with Crippen LogP contribution in [0.15, 0.2) is 22.4 Å². The minimum atomic E-state index is -2.61. The predicted molar refractivity (Wildman–Crippen MR) is 55.7 cm³/mol. The first kappa shape index (κ1) is 9.73. The van der Waals surface area contributed by atoms with Gasteiger partial charge in [0.05, 0.1) is 9.77 Å². The van der Waals surface area contributed by atoms with Gasteiger partial charge in [0.15, 0.2) is 0 Å². The molecule has 0 fully saturated rings. The number of fused-ring (bicyclic) bond motifs is 1. The molecular formula is C9H6F2OS2. The Morgan fingerprint density at radius 1 is 1.36 bits per heavy atom. The van der Waals surface area contributed by atoms with Crippen molar-refractivity contribution in [2.45, 2.75) is 10.6 Å². The summed E-state index contributed by atoms with van der Waals surface area (Å²) in [7, 11) is 0. The minimum absolute atomic E-state index is 0.116. The van der Waals surface area contributed by atoms with E-state index in [2.05, 4.69) is 12.6 Å². The van der Waals surface area contributed by atoms with Gasteiger partial charge in [-0.25, -0.2) is 8.78 Å². The molecule has 14 heavy (non-hydrogen) atoms. The quantitative estimate of drug-likeness (QED) is 0.716. The van der Waals surface area contributed by atoms with Crippen molar-refractivity contribution in [3.8, 4) is 5.75 Å². The molecule has 1 aromatic carbocycles. The van der Waals surface area contributed by atoms with E-state index in [9.17, 15) is 13.9 Å². The Hall–Kier alpha value is -0.810. The van der Waals surface area contributed by atoms with Gasteiger partial charge < -0.3 is 5.11 Å². The zero-order chi connectivity index (χ0) is 10.3. The van der Waals surface area contributed by atoms with Crippen molar-refractivity contribution in [1.29, 1.82) is 0 Å². The third kappa shape index (κ3) is 1.36. The Bertz CT molecular complexity index is 479. The summed E-state index contributed by atoms with van der Waals surface area (Å²) in [4.78, 5) is 0. The second-order valence-corrected chi connectivity index (χ2v) is 4.57. The zero-order valence-electron chi connectivity index (χ0n) is 6.87. The van der Waals surface area contributed by atoms with Gasteiger partial charge >= 0.3 is 0 Å². The standard InChI is InChI=1S/C9H6F2OS2/c10-8(11)7-6-4(12)2-1-3-5(6)14-9(7)13/h1-3,8,12-13H. The lowest BCUT2D eigenvalue weighted by molar-refractivity contribution is 0.150. The van der Waals surface area contributed by atoms with Gasteiger partial charge in [-0.2, -0.15) is 0 Å². The first-order valence-corrected chi connectivity index (χ1v) is 5.09. The molecule has 1 nitrogen and oxygen atoms in total. The maximum atomic E-state index is 12.6. The van der Waals surface area contributed by atoms with E-state index in [1.807, 2.05) is 0 Å². The molecule has 0 saturated heterocycles. The molecule has 1 aromatic heterocycles. The molecule has 0 radical (unpaired) electrons. The number of thiophene rings is 1. The molecule has 1 N–H and O–H groups in total. The summed E-state index contributed by atoms with van der Waals surface area (Å²) < 4.78 is 26.1. The van der Waals surface area contributed by atoms with Crippen LogP contribution in [0.2, 0.25) is 0 Å². The highest BCUT2D eigenvalue weighted by Crippen LogP contribution is 2.43. The van der Waals surface area contributed by atoms with Crippen LogP contribution in [0.4, 0.5) is 8.78 Å². The number of phenolic OH excluding ortho intramolecular Hbond substituents is 1. The number of hydrogen-bond acceptors (Lipinski definition) is 3. The maximum Gasteiger partial charge on any atom is 0.266 e. The van der Waals surface area contributed by atoms with Gasteiger partial charge in [0.2, 0.25) is 0 Å². The molecule has 0 aliphatic rings. The van der Waals surface area contributed by atoms with Gasteiger partial charge in [0, 0.05) is 10.1 Å². The lowest BCUT2D eigenvalue weighted by Crippen LogP contribution is -1.82. The topological polar surface area (TPSA) is 20.2 Å². The zero-order valence-corrected chi connectivity index (χ0v) is 8.58. The molecule has 0 saturated carbocycles. The fourth-order valence-electron chi connectivity index (χ4n) is 1.34. The van der Waals surface area contributed by atoms with E-state index >= 15 is 0 Å². The van der Waals surface area contributed by atoms with Crippen LogP contribution in [-0.4, -0.2) is 5.11 Å². The molecule has 5 heteroatoms. The summed E-state index contributed by atoms with van der Waals surface area (Å²) >= 11 is 5.12. The van der Waals surface area contributed by atoms with Crippen molar-refractivity contribution in [3.63, 3.8) is 0 Å². The summed E-state index contributed by atoms with van der Waals surface area (Å²) in [6.45, 7) is 0. The van der Waals surface area contributed by atoms with Crippen molar-refractivity contribution in [2.75, 3.05) is 0 Å². The Morgan fingerprint density at radius 3 is 2.71 bits per heavy atom. The molecule has 0 aliphatic carbocycles. The molecular weight excluding hydrogens is 226 g/mol. The molecule has 74 valence electrons. The number of aromatic hydroxyl groups is 1. The molecule has 1 heterocycles. The van der Waals surface area contributed by atoms with Gasteiger partial charge in [-0.15, -0.1) is 24.0 Å². The lowest BCUT2D eigenvalue weighted by Gasteiger charge is -2.00. The normalized spacial score (nSPS) is 11.4. The van der Waals surface area contributed by atoms with E-state index < -0.39 is 6.43 Å². The van der Waals surface area contributed by atoms with Crippen molar-refractivity contribution in [3.05, 3.63) is 23.8 Å². The highest BCUT2D eigenvalue weighted by molar-refractivity contribution is 7.83. The molecule has 0 aliphatic heterocycles. The van der Waals surface area contributed by atoms with Gasteiger partial charge in [-0.3, -0.25) is 0 Å². The number of thiol groups is 1. The van der Waals surface area contributed by atoms with Gasteiger partial charge in [0.25, 0.3) is 6.43 Å². The highest BCUT2D eigenvalue weighted by atomic mass is 32.2. The van der Waals surface area contributed by atoms with Crippen molar-refractivity contribution >= 4 is 34.1 Å². The average molecular weight is 232 g/mol. The smallest absolute Gasteiger partial charge is 0.266 e. The summed E-state index contributed by atoms with van der Waals surface area (Å²) in [5, 5.41) is 9.67. The SMILES string of the molecule is Oc1cccc2sc(S)c(C(F)F)c12. The summed E-state index contributed by atoms with van der Waals surface area (Å²) in [5.41, 5.74) is -0.175. The van der Waals surface area contributed by atoms with E-state index in [0.29, 0.717) is 4.70 Å². The van der Waals surface area contributed by atoms with Crippen LogP contribution in [-0.2, 0) is 0 Å². The van der Waals surface area contributed by atoms with Crippen LogP contribution in [0.1, 0.15) is 12.0 Å². The van der Waals surface area contributed by atoms with Crippen LogP contribution in [0, 0.1) is 0 Å².